The van der Waals surface area contributed by atoms with E-state index in [0.717, 1.165) is 30.2 Å². The third kappa shape index (κ3) is 4.07. The third-order valence-corrected chi connectivity index (χ3v) is 3.96. The van der Waals surface area contributed by atoms with Crippen LogP contribution in [0.5, 0.6) is 0 Å². The Bertz CT molecular complexity index is 480. The van der Waals surface area contributed by atoms with Crippen molar-refractivity contribution >= 4 is 27.8 Å². The van der Waals surface area contributed by atoms with Gasteiger partial charge >= 0.3 is 5.97 Å². The van der Waals surface area contributed by atoms with E-state index in [9.17, 15) is 9.59 Å². The predicted octanol–water partition coefficient (Wildman–Crippen LogP) is 3.05. The first-order valence-corrected chi connectivity index (χ1v) is 7.62. The first-order chi connectivity index (χ1) is 9.56. The maximum Gasteiger partial charge on any atom is 0.338 e. The maximum absolute atomic E-state index is 11.9. The van der Waals surface area contributed by atoms with Crippen molar-refractivity contribution in [1.29, 1.82) is 0 Å². The number of halogens is 1. The van der Waals surface area contributed by atoms with Gasteiger partial charge in [-0.2, -0.15) is 0 Å². The zero-order valence-corrected chi connectivity index (χ0v) is 13.0. The van der Waals surface area contributed by atoms with Gasteiger partial charge in [0.05, 0.1) is 5.56 Å². The molecule has 1 N–H and O–H groups in total. The second kappa shape index (κ2) is 6.88. The van der Waals surface area contributed by atoms with Crippen molar-refractivity contribution < 1.29 is 14.3 Å². The molecule has 20 heavy (non-hydrogen) atoms. The molecule has 0 radical (unpaired) electrons. The summed E-state index contributed by atoms with van der Waals surface area (Å²) in [6, 6.07) is 7.08. The van der Waals surface area contributed by atoms with E-state index in [1.807, 2.05) is 0 Å². The second-order valence-corrected chi connectivity index (χ2v) is 5.96. The molecule has 0 aliphatic heterocycles. The van der Waals surface area contributed by atoms with Gasteiger partial charge in [0.2, 0.25) is 0 Å². The number of nitrogens with one attached hydrogen (secondary N) is 1. The van der Waals surface area contributed by atoms with E-state index < -0.39 is 12.1 Å². The smallest absolute Gasteiger partial charge is 0.338 e. The first-order valence-electron chi connectivity index (χ1n) is 6.83. The number of hydrogen-bond acceptors (Lipinski definition) is 3. The van der Waals surface area contributed by atoms with E-state index in [4.69, 9.17) is 4.74 Å². The largest absolute Gasteiger partial charge is 0.449 e. The molecular formula is C15H18BrNO3. The van der Waals surface area contributed by atoms with Gasteiger partial charge < -0.3 is 10.1 Å². The van der Waals surface area contributed by atoms with Gasteiger partial charge in [-0.3, -0.25) is 4.79 Å². The molecule has 1 saturated carbocycles. The van der Waals surface area contributed by atoms with Crippen LogP contribution in [0, 0.1) is 0 Å². The Labute approximate surface area is 127 Å². The standard InChI is InChI=1S/C15H18BrNO3/c1-10(14(18)17-13-4-2-3-5-13)20-15(19)11-6-8-12(16)9-7-11/h6-10,13H,2-5H2,1H3,(H,17,18). The average molecular weight is 340 g/mol. The summed E-state index contributed by atoms with van der Waals surface area (Å²) >= 11 is 3.30. The van der Waals surface area contributed by atoms with Crippen molar-refractivity contribution in [2.45, 2.75) is 44.8 Å². The number of esters is 1. The zero-order valence-electron chi connectivity index (χ0n) is 11.4. The number of rotatable bonds is 4. The summed E-state index contributed by atoms with van der Waals surface area (Å²) in [5, 5.41) is 2.92. The van der Waals surface area contributed by atoms with Crippen LogP contribution in [0.2, 0.25) is 0 Å². The number of benzene rings is 1. The fourth-order valence-corrected chi connectivity index (χ4v) is 2.52. The van der Waals surface area contributed by atoms with Crippen molar-refractivity contribution in [3.63, 3.8) is 0 Å². The molecule has 0 aromatic heterocycles. The summed E-state index contributed by atoms with van der Waals surface area (Å²) in [7, 11) is 0. The molecule has 1 aliphatic rings. The van der Waals surface area contributed by atoms with E-state index >= 15 is 0 Å². The molecule has 2 rings (SSSR count). The number of hydrogen-bond donors (Lipinski definition) is 1. The van der Waals surface area contributed by atoms with E-state index in [0.29, 0.717) is 5.56 Å². The molecule has 0 saturated heterocycles. The third-order valence-electron chi connectivity index (χ3n) is 3.43. The van der Waals surface area contributed by atoms with E-state index in [-0.39, 0.29) is 11.9 Å². The van der Waals surface area contributed by atoms with Crippen molar-refractivity contribution in [2.75, 3.05) is 0 Å². The lowest BCUT2D eigenvalue weighted by Crippen LogP contribution is -2.40. The van der Waals surface area contributed by atoms with E-state index in [1.54, 1.807) is 31.2 Å². The average Bonchev–Trinajstić information content (AvgIpc) is 2.92. The van der Waals surface area contributed by atoms with Gasteiger partial charge in [-0.25, -0.2) is 4.79 Å². The van der Waals surface area contributed by atoms with Crippen LogP contribution in [0.1, 0.15) is 43.0 Å². The number of carbonyl (C=O) groups is 2. The highest BCUT2D eigenvalue weighted by Crippen LogP contribution is 2.18. The van der Waals surface area contributed by atoms with Crippen LogP contribution < -0.4 is 5.32 Å². The molecular weight excluding hydrogens is 322 g/mol. The van der Waals surface area contributed by atoms with Gasteiger partial charge in [0.1, 0.15) is 0 Å². The summed E-state index contributed by atoms with van der Waals surface area (Å²) in [5.74, 6) is -0.700. The fraction of sp³-hybridized carbons (Fsp3) is 0.467. The summed E-state index contributed by atoms with van der Waals surface area (Å²) in [4.78, 5) is 23.8. The maximum atomic E-state index is 11.9. The van der Waals surface area contributed by atoms with Crippen LogP contribution in [0.3, 0.4) is 0 Å². The van der Waals surface area contributed by atoms with Gasteiger partial charge in [0.25, 0.3) is 5.91 Å². The Kier molecular flexibility index (Phi) is 5.17. The van der Waals surface area contributed by atoms with Crippen LogP contribution in [-0.2, 0) is 9.53 Å². The van der Waals surface area contributed by atoms with Crippen molar-refractivity contribution in [1.82, 2.24) is 5.32 Å². The summed E-state index contributed by atoms with van der Waals surface area (Å²) in [6.07, 6.45) is 3.56. The molecule has 0 spiro atoms. The zero-order chi connectivity index (χ0) is 14.5. The monoisotopic (exact) mass is 339 g/mol. The lowest BCUT2D eigenvalue weighted by Gasteiger charge is -2.17. The Morgan fingerprint density at radius 1 is 1.25 bits per heavy atom. The van der Waals surface area contributed by atoms with E-state index in [2.05, 4.69) is 21.2 Å². The van der Waals surface area contributed by atoms with Crippen LogP contribution in [-0.4, -0.2) is 24.0 Å². The molecule has 1 aromatic rings. The molecule has 1 aliphatic carbocycles. The molecule has 1 aromatic carbocycles. The van der Waals surface area contributed by atoms with E-state index in [1.165, 1.54) is 0 Å². The lowest BCUT2D eigenvalue weighted by atomic mass is 10.2. The van der Waals surface area contributed by atoms with Crippen LogP contribution in [0.15, 0.2) is 28.7 Å². The quantitative estimate of drug-likeness (QED) is 0.857. The van der Waals surface area contributed by atoms with Gasteiger partial charge in [-0.05, 0) is 44.0 Å². The minimum absolute atomic E-state index is 0.220. The van der Waals surface area contributed by atoms with Crippen LogP contribution in [0.25, 0.3) is 0 Å². The molecule has 1 amide bonds. The lowest BCUT2D eigenvalue weighted by molar-refractivity contribution is -0.129. The number of ether oxygens (including phenoxy) is 1. The summed E-state index contributed by atoms with van der Waals surface area (Å²) in [5.41, 5.74) is 0.439. The topological polar surface area (TPSA) is 55.4 Å². The minimum Gasteiger partial charge on any atom is -0.449 e. The van der Waals surface area contributed by atoms with Crippen LogP contribution in [0.4, 0.5) is 0 Å². The molecule has 0 heterocycles. The van der Waals surface area contributed by atoms with Gasteiger partial charge in [0.15, 0.2) is 6.10 Å². The first kappa shape index (κ1) is 15.0. The van der Waals surface area contributed by atoms with Gasteiger partial charge in [0, 0.05) is 10.5 Å². The molecule has 108 valence electrons. The molecule has 1 atom stereocenters. The fourth-order valence-electron chi connectivity index (χ4n) is 2.26. The highest BCUT2D eigenvalue weighted by atomic mass is 79.9. The Balaban J connectivity index is 1.86. The van der Waals surface area contributed by atoms with Crippen molar-refractivity contribution in [2.24, 2.45) is 0 Å². The summed E-state index contributed by atoms with van der Waals surface area (Å²) in [6.45, 7) is 1.60. The minimum atomic E-state index is -0.772. The highest BCUT2D eigenvalue weighted by Gasteiger charge is 2.23. The molecule has 5 heteroatoms. The Morgan fingerprint density at radius 2 is 1.85 bits per heavy atom. The molecule has 1 fully saturated rings. The van der Waals surface area contributed by atoms with Crippen molar-refractivity contribution in [3.05, 3.63) is 34.3 Å². The normalized spacial score (nSPS) is 16.7. The highest BCUT2D eigenvalue weighted by molar-refractivity contribution is 9.10. The Morgan fingerprint density at radius 3 is 2.45 bits per heavy atom. The SMILES string of the molecule is CC(OC(=O)c1ccc(Br)cc1)C(=O)NC1CCCC1. The number of carbonyl (C=O) groups excluding carboxylic acids is 2. The molecule has 4 nitrogen and oxygen atoms in total. The second-order valence-electron chi connectivity index (χ2n) is 5.04. The molecule has 0 bridgehead atoms. The predicted molar refractivity (Wildman–Crippen MR) is 79.4 cm³/mol. The summed E-state index contributed by atoms with van der Waals surface area (Å²) < 4.78 is 6.07. The number of amides is 1. The van der Waals surface area contributed by atoms with Crippen molar-refractivity contribution in [3.8, 4) is 0 Å². The Hall–Kier alpha value is -1.36. The molecule has 1 unspecified atom stereocenters. The van der Waals surface area contributed by atoms with Crippen LogP contribution >= 0.6 is 15.9 Å². The van der Waals surface area contributed by atoms with Gasteiger partial charge in [-0.15, -0.1) is 0 Å². The van der Waals surface area contributed by atoms with Gasteiger partial charge in [-0.1, -0.05) is 28.8 Å².